The Morgan fingerprint density at radius 2 is 2.12 bits per heavy atom. The summed E-state index contributed by atoms with van der Waals surface area (Å²) in [5.74, 6) is -0.734. The van der Waals surface area contributed by atoms with Crippen LogP contribution in [-0.4, -0.2) is 44.3 Å². The molecule has 0 bridgehead atoms. The van der Waals surface area contributed by atoms with Gasteiger partial charge in [-0.15, -0.1) is 12.4 Å². The van der Waals surface area contributed by atoms with Crippen molar-refractivity contribution in [1.29, 1.82) is 0 Å². The number of hydrogen-bond acceptors (Lipinski definition) is 4. The van der Waals surface area contributed by atoms with Gasteiger partial charge in [0.25, 0.3) is 0 Å². The molecule has 1 aromatic carbocycles. The van der Waals surface area contributed by atoms with Crippen LogP contribution >= 0.6 is 12.4 Å². The first-order valence-electron chi connectivity index (χ1n) is 8.11. The van der Waals surface area contributed by atoms with Crippen LogP contribution in [0.1, 0.15) is 31.2 Å². The van der Waals surface area contributed by atoms with E-state index in [9.17, 15) is 17.6 Å². The third kappa shape index (κ3) is 5.37. The molecule has 1 amide bonds. The average Bonchev–Trinajstić information content (AvgIpc) is 2.56. The summed E-state index contributed by atoms with van der Waals surface area (Å²) in [5, 5.41) is 2.73. The maximum Gasteiger partial charge on any atom is 0.243 e. The number of rotatable bonds is 6. The Labute approximate surface area is 154 Å². The number of nitrogens with zero attached hydrogens (tertiary/aromatic N) is 1. The van der Waals surface area contributed by atoms with Crippen LogP contribution in [0.25, 0.3) is 0 Å². The number of benzene rings is 1. The van der Waals surface area contributed by atoms with Crippen molar-refractivity contribution in [2.75, 3.05) is 19.6 Å². The fraction of sp³-hybridized carbons (Fsp3) is 0.562. The zero-order valence-corrected chi connectivity index (χ0v) is 15.8. The van der Waals surface area contributed by atoms with E-state index in [2.05, 4.69) is 5.32 Å². The molecule has 2 rings (SSSR count). The summed E-state index contributed by atoms with van der Waals surface area (Å²) in [5.41, 5.74) is 5.74. The van der Waals surface area contributed by atoms with Crippen molar-refractivity contribution in [2.45, 2.75) is 43.5 Å². The van der Waals surface area contributed by atoms with Gasteiger partial charge in [-0.2, -0.15) is 4.31 Å². The fourth-order valence-electron chi connectivity index (χ4n) is 2.82. The highest BCUT2D eigenvalue weighted by atomic mass is 35.5. The molecule has 1 saturated heterocycles. The van der Waals surface area contributed by atoms with Gasteiger partial charge in [0.05, 0.1) is 4.90 Å². The maximum atomic E-state index is 13.8. The number of nitrogens with one attached hydrogen (secondary N) is 1. The summed E-state index contributed by atoms with van der Waals surface area (Å²) in [6.07, 6.45) is 2.52. The number of halogens is 2. The molecule has 0 radical (unpaired) electrons. The smallest absolute Gasteiger partial charge is 0.243 e. The summed E-state index contributed by atoms with van der Waals surface area (Å²) < 4.78 is 40.9. The normalized spacial score (nSPS) is 18.4. The van der Waals surface area contributed by atoms with E-state index in [0.717, 1.165) is 18.9 Å². The van der Waals surface area contributed by atoms with E-state index < -0.39 is 15.8 Å². The summed E-state index contributed by atoms with van der Waals surface area (Å²) in [4.78, 5) is 11.5. The van der Waals surface area contributed by atoms with Gasteiger partial charge >= 0.3 is 0 Å². The fourth-order valence-corrected chi connectivity index (χ4v) is 4.52. The molecule has 142 valence electrons. The predicted molar refractivity (Wildman–Crippen MR) is 96.6 cm³/mol. The number of piperidine rings is 1. The van der Waals surface area contributed by atoms with E-state index in [4.69, 9.17) is 5.73 Å². The molecule has 1 heterocycles. The molecule has 0 spiro atoms. The molecule has 25 heavy (non-hydrogen) atoms. The predicted octanol–water partition coefficient (Wildman–Crippen LogP) is 1.56. The number of sulfonamides is 1. The Balaban J connectivity index is 0.00000312. The van der Waals surface area contributed by atoms with Gasteiger partial charge in [0.1, 0.15) is 5.82 Å². The topological polar surface area (TPSA) is 92.5 Å². The second kappa shape index (κ2) is 9.47. The lowest BCUT2D eigenvalue weighted by atomic mass is 10.1. The van der Waals surface area contributed by atoms with Crippen LogP contribution in [-0.2, 0) is 14.8 Å². The molecule has 1 fully saturated rings. The van der Waals surface area contributed by atoms with Gasteiger partial charge < -0.3 is 11.1 Å². The molecule has 6 nitrogen and oxygen atoms in total. The van der Waals surface area contributed by atoms with Crippen LogP contribution in [0.15, 0.2) is 23.1 Å². The zero-order valence-electron chi connectivity index (χ0n) is 14.2. The first-order chi connectivity index (χ1) is 11.4. The Hall–Kier alpha value is -1.22. The van der Waals surface area contributed by atoms with E-state index in [-0.39, 0.29) is 48.8 Å². The Morgan fingerprint density at radius 3 is 2.76 bits per heavy atom. The van der Waals surface area contributed by atoms with Crippen molar-refractivity contribution < 1.29 is 17.6 Å². The molecule has 3 N–H and O–H groups in total. The van der Waals surface area contributed by atoms with Gasteiger partial charge in [-0.1, -0.05) is 12.5 Å². The number of aryl methyl sites for hydroxylation is 1. The molecular weight excluding hydrogens is 369 g/mol. The minimum Gasteiger partial charge on any atom is -0.354 e. The van der Waals surface area contributed by atoms with Gasteiger partial charge in [-0.3, -0.25) is 4.79 Å². The first kappa shape index (κ1) is 21.8. The van der Waals surface area contributed by atoms with Crippen molar-refractivity contribution in [3.05, 3.63) is 29.6 Å². The highest BCUT2D eigenvalue weighted by molar-refractivity contribution is 7.89. The largest absolute Gasteiger partial charge is 0.354 e. The standard InChI is InChI=1S/C16H24FN3O3S.ClH/c1-12-5-6-14(10-15(12)17)24(22,23)20-9-3-2-4-13(20)11-19-16(21)7-8-18;/h5-6,10,13H,2-4,7-9,11,18H2,1H3,(H,19,21);1H. The Kier molecular flexibility index (Phi) is 8.27. The summed E-state index contributed by atoms with van der Waals surface area (Å²) in [6.45, 7) is 2.45. The molecule has 0 saturated carbocycles. The number of carbonyl (C=O) groups is 1. The summed E-state index contributed by atoms with van der Waals surface area (Å²) in [7, 11) is -3.79. The van der Waals surface area contributed by atoms with Crippen LogP contribution in [0, 0.1) is 12.7 Å². The van der Waals surface area contributed by atoms with Gasteiger partial charge in [0.2, 0.25) is 15.9 Å². The van der Waals surface area contributed by atoms with E-state index in [1.165, 1.54) is 16.4 Å². The molecule has 1 atom stereocenters. The average molecular weight is 394 g/mol. The Morgan fingerprint density at radius 1 is 1.40 bits per heavy atom. The summed E-state index contributed by atoms with van der Waals surface area (Å²) in [6, 6.07) is 3.62. The lowest BCUT2D eigenvalue weighted by Crippen LogP contribution is -2.49. The van der Waals surface area contributed by atoms with Crippen LogP contribution < -0.4 is 11.1 Å². The highest BCUT2D eigenvalue weighted by Gasteiger charge is 2.33. The third-order valence-electron chi connectivity index (χ3n) is 4.23. The lowest BCUT2D eigenvalue weighted by molar-refractivity contribution is -0.121. The molecule has 9 heteroatoms. The van der Waals surface area contributed by atoms with Crippen LogP contribution in [0.4, 0.5) is 4.39 Å². The third-order valence-corrected chi connectivity index (χ3v) is 6.18. The second-order valence-electron chi connectivity index (χ2n) is 6.02. The number of hydrogen-bond donors (Lipinski definition) is 2. The summed E-state index contributed by atoms with van der Waals surface area (Å²) >= 11 is 0. The SMILES string of the molecule is Cc1ccc(S(=O)(=O)N2CCCCC2CNC(=O)CCN)cc1F.Cl. The minimum absolute atomic E-state index is 0. The number of nitrogens with two attached hydrogens (primary N) is 1. The number of carbonyl (C=O) groups excluding carboxylic acids is 1. The molecule has 1 unspecified atom stereocenters. The minimum atomic E-state index is -3.79. The maximum absolute atomic E-state index is 13.8. The van der Waals surface area contributed by atoms with Crippen molar-refractivity contribution in [1.82, 2.24) is 9.62 Å². The van der Waals surface area contributed by atoms with E-state index >= 15 is 0 Å². The van der Waals surface area contributed by atoms with Gasteiger partial charge in [0.15, 0.2) is 0 Å². The Bertz CT molecular complexity index is 700. The van der Waals surface area contributed by atoms with Gasteiger partial charge in [0, 0.05) is 32.1 Å². The van der Waals surface area contributed by atoms with E-state index in [1.807, 2.05) is 0 Å². The van der Waals surface area contributed by atoms with Crippen LogP contribution in [0.5, 0.6) is 0 Å². The van der Waals surface area contributed by atoms with Gasteiger partial charge in [-0.25, -0.2) is 12.8 Å². The van der Waals surface area contributed by atoms with Crippen molar-refractivity contribution in [3.63, 3.8) is 0 Å². The monoisotopic (exact) mass is 393 g/mol. The van der Waals surface area contributed by atoms with E-state index in [1.54, 1.807) is 6.92 Å². The lowest BCUT2D eigenvalue weighted by Gasteiger charge is -2.34. The van der Waals surface area contributed by atoms with Crippen molar-refractivity contribution in [2.24, 2.45) is 5.73 Å². The first-order valence-corrected chi connectivity index (χ1v) is 9.55. The van der Waals surface area contributed by atoms with Crippen molar-refractivity contribution in [3.8, 4) is 0 Å². The van der Waals surface area contributed by atoms with Crippen molar-refractivity contribution >= 4 is 28.3 Å². The molecular formula is C16H25ClFN3O3S. The van der Waals surface area contributed by atoms with Crippen LogP contribution in [0.3, 0.4) is 0 Å². The molecule has 1 aliphatic heterocycles. The van der Waals surface area contributed by atoms with Gasteiger partial charge in [-0.05, 0) is 37.5 Å². The van der Waals surface area contributed by atoms with E-state index in [0.29, 0.717) is 18.5 Å². The molecule has 1 aliphatic rings. The number of amides is 1. The zero-order chi connectivity index (χ0) is 17.7. The molecule has 0 aromatic heterocycles. The van der Waals surface area contributed by atoms with Crippen LogP contribution in [0.2, 0.25) is 0 Å². The second-order valence-corrected chi connectivity index (χ2v) is 7.91. The quantitative estimate of drug-likeness (QED) is 0.767. The highest BCUT2D eigenvalue weighted by Crippen LogP contribution is 2.26. The molecule has 1 aromatic rings. The molecule has 0 aliphatic carbocycles.